The van der Waals surface area contributed by atoms with E-state index in [1.807, 2.05) is 0 Å². The molecule has 0 rings (SSSR count). The van der Waals surface area contributed by atoms with Crippen molar-refractivity contribution in [3.8, 4) is 0 Å². The maximum absolute atomic E-state index is 9.75. The topological polar surface area (TPSA) is 0 Å². The predicted octanol–water partition coefficient (Wildman–Crippen LogP) is 3.90. The largest absolute Gasteiger partial charge is 0.673 e. The Morgan fingerprint density at radius 1 is 0.312 bits per heavy atom. The monoisotopic (exact) mass is 325 g/mol. The number of hydrogen-bond donors (Lipinski definition) is 0. The summed E-state index contributed by atoms with van der Waals surface area (Å²) in [7, 11) is -18.0. The molecule has 16 heavy (non-hydrogen) atoms. The van der Waals surface area contributed by atoms with Crippen LogP contribution in [0.25, 0.3) is 0 Å². The van der Waals surface area contributed by atoms with Crippen molar-refractivity contribution in [3.05, 3.63) is 0 Å². The Bertz CT molecular complexity index is 91.3. The Morgan fingerprint density at radius 2 is 0.312 bits per heavy atom. The van der Waals surface area contributed by atoms with Crippen molar-refractivity contribution in [2.45, 2.75) is 0 Å². The zero-order valence-electron chi connectivity index (χ0n) is 6.97. The van der Waals surface area contributed by atoms with Gasteiger partial charge in [-0.1, -0.05) is 0 Å². The quantitative estimate of drug-likeness (QED) is 0.468. The Balaban J connectivity index is -0.0000000655. The smallest absolute Gasteiger partial charge is 0.418 e. The molecule has 0 atom stereocenters. The molecule has 0 saturated carbocycles. The molecule has 0 unspecified atom stereocenters. The number of halogens is 12. The molecule has 0 saturated heterocycles. The van der Waals surface area contributed by atoms with Crippen LogP contribution in [0.5, 0.6) is 0 Å². The van der Waals surface area contributed by atoms with Gasteiger partial charge in [0.15, 0.2) is 0 Å². The molecule has 0 aliphatic heterocycles. The van der Waals surface area contributed by atoms with Crippen LogP contribution in [0.15, 0.2) is 0 Å². The van der Waals surface area contributed by atoms with Crippen molar-refractivity contribution < 1.29 is 71.3 Å². The molecule has 0 aromatic heterocycles. The summed E-state index contributed by atoms with van der Waals surface area (Å²) in [6.45, 7) is 0. The van der Waals surface area contributed by atoms with E-state index in [9.17, 15) is 51.8 Å². The second-order valence-corrected chi connectivity index (χ2v) is 1.48. The number of hydrogen-bond acceptors (Lipinski definition) is 0. The van der Waals surface area contributed by atoms with Crippen LogP contribution in [-0.4, -0.2) is 21.8 Å². The molecule has 16 heteroatoms. The van der Waals surface area contributed by atoms with Crippen molar-refractivity contribution in [1.29, 1.82) is 0 Å². The molecule has 0 aliphatic carbocycles. The Kier molecular flexibility index (Phi) is 14.1. The molecule has 0 nitrogen and oxygen atoms in total. The first-order chi connectivity index (χ1) is 6.00. The fourth-order valence-corrected chi connectivity index (χ4v) is 0. The molecule has 0 radical (unpaired) electrons. The van der Waals surface area contributed by atoms with Crippen LogP contribution in [0.2, 0.25) is 0 Å². The number of rotatable bonds is 0. The Morgan fingerprint density at radius 3 is 0.312 bits per heavy atom. The van der Waals surface area contributed by atoms with Gasteiger partial charge in [0.25, 0.3) is 0 Å². The van der Waals surface area contributed by atoms with Crippen LogP contribution in [0.1, 0.15) is 0 Å². The van der Waals surface area contributed by atoms with Crippen molar-refractivity contribution in [1.82, 2.24) is 0 Å². The van der Waals surface area contributed by atoms with Gasteiger partial charge in [0.05, 0.1) is 0 Å². The summed E-state index contributed by atoms with van der Waals surface area (Å²) in [6, 6.07) is 0. The molecule has 0 aliphatic rings. The molecule has 0 spiro atoms. The van der Waals surface area contributed by atoms with Crippen molar-refractivity contribution in [2.75, 3.05) is 0 Å². The molecule has 0 fully saturated rings. The van der Waals surface area contributed by atoms with Gasteiger partial charge >= 0.3 is 21.8 Å². The first-order valence-electron chi connectivity index (χ1n) is 2.62. The van der Waals surface area contributed by atoms with Crippen molar-refractivity contribution >= 4 is 21.8 Å². The standard InChI is InChI=1S/3BF4.Zn/c3*2-1(3,4)5;/q3*-1;. The van der Waals surface area contributed by atoms with E-state index in [1.165, 1.54) is 0 Å². The van der Waals surface area contributed by atoms with Crippen molar-refractivity contribution in [3.63, 3.8) is 0 Å². The molecule has 0 bridgehead atoms. The van der Waals surface area contributed by atoms with Crippen LogP contribution < -0.4 is 0 Å². The average Bonchev–Trinajstić information content (AvgIpc) is 1.41. The summed E-state index contributed by atoms with van der Waals surface area (Å²) in [4.78, 5) is 0. The van der Waals surface area contributed by atoms with Gasteiger partial charge in [0, 0.05) is 19.5 Å². The summed E-state index contributed by atoms with van der Waals surface area (Å²) in [5.41, 5.74) is 0. The van der Waals surface area contributed by atoms with Crippen LogP contribution in [-0.2, 0) is 19.5 Å². The first kappa shape index (κ1) is 25.0. The molecule has 0 aromatic rings. The van der Waals surface area contributed by atoms with Gasteiger partial charge in [-0.05, 0) is 0 Å². The fraction of sp³-hybridized carbons (Fsp3) is 0. The van der Waals surface area contributed by atoms with Crippen LogP contribution >= 0.6 is 0 Å². The van der Waals surface area contributed by atoms with Crippen molar-refractivity contribution in [2.24, 2.45) is 0 Å². The third kappa shape index (κ3) is 4950000. The van der Waals surface area contributed by atoms with E-state index < -0.39 is 21.8 Å². The zero-order chi connectivity index (χ0) is 13.5. The Labute approximate surface area is 93.8 Å². The third-order valence-corrected chi connectivity index (χ3v) is 0. The van der Waals surface area contributed by atoms with E-state index in [0.717, 1.165) is 0 Å². The van der Waals surface area contributed by atoms with E-state index >= 15 is 0 Å². The van der Waals surface area contributed by atoms with Gasteiger partial charge in [0.2, 0.25) is 0 Å². The summed E-state index contributed by atoms with van der Waals surface area (Å²) < 4.78 is 117. The van der Waals surface area contributed by atoms with Crippen LogP contribution in [0.4, 0.5) is 51.8 Å². The molecular weight excluding hydrogens is 326 g/mol. The second-order valence-electron chi connectivity index (χ2n) is 1.48. The van der Waals surface area contributed by atoms with E-state index in [4.69, 9.17) is 0 Å². The van der Waals surface area contributed by atoms with E-state index in [-0.39, 0.29) is 19.5 Å². The minimum absolute atomic E-state index is 0. The predicted molar refractivity (Wildman–Crippen MR) is 30.6 cm³/mol. The molecule has 0 N–H and O–H groups in total. The summed E-state index contributed by atoms with van der Waals surface area (Å²) in [5.74, 6) is 0. The minimum atomic E-state index is -6.00. The summed E-state index contributed by atoms with van der Waals surface area (Å²) in [6.07, 6.45) is 0. The third-order valence-electron chi connectivity index (χ3n) is 0. The average molecular weight is 326 g/mol. The van der Waals surface area contributed by atoms with Gasteiger partial charge in [-0.2, -0.15) is 0 Å². The molecule has 0 heterocycles. The van der Waals surface area contributed by atoms with E-state index in [2.05, 4.69) is 0 Å². The Hall–Kier alpha value is -0.0218. The van der Waals surface area contributed by atoms with Gasteiger partial charge in [-0.15, -0.1) is 0 Å². The van der Waals surface area contributed by atoms with Gasteiger partial charge < -0.3 is 51.8 Å². The van der Waals surface area contributed by atoms with Crippen LogP contribution in [0, 0.1) is 0 Å². The molecule has 0 aromatic carbocycles. The maximum atomic E-state index is 9.75. The molecule has 98 valence electrons. The minimum Gasteiger partial charge on any atom is -0.418 e. The maximum Gasteiger partial charge on any atom is 0.673 e. The SMILES string of the molecule is F[B-](F)(F)F.F[B-](F)(F)F.F[B-](F)(F)F.[Zn]. The summed E-state index contributed by atoms with van der Waals surface area (Å²) >= 11 is 0. The van der Waals surface area contributed by atoms with E-state index in [1.54, 1.807) is 0 Å². The fourth-order valence-electron chi connectivity index (χ4n) is 0. The molecule has 0 amide bonds. The van der Waals surface area contributed by atoms with Gasteiger partial charge in [-0.3, -0.25) is 0 Å². The normalized spacial score (nSPS) is 11.2. The van der Waals surface area contributed by atoms with Gasteiger partial charge in [0.1, 0.15) is 0 Å². The van der Waals surface area contributed by atoms with Gasteiger partial charge in [-0.25, -0.2) is 0 Å². The molecular formula is B3F12Zn-3. The summed E-state index contributed by atoms with van der Waals surface area (Å²) in [5, 5.41) is 0. The first-order valence-corrected chi connectivity index (χ1v) is 2.62. The second kappa shape index (κ2) is 9.05. The van der Waals surface area contributed by atoms with E-state index in [0.29, 0.717) is 0 Å². The van der Waals surface area contributed by atoms with Crippen LogP contribution in [0.3, 0.4) is 0 Å². The zero-order valence-corrected chi connectivity index (χ0v) is 9.94.